The summed E-state index contributed by atoms with van der Waals surface area (Å²) in [7, 11) is 0. The lowest BCUT2D eigenvalue weighted by atomic mass is 10.2. The summed E-state index contributed by atoms with van der Waals surface area (Å²) in [6.45, 7) is 3.59. The van der Waals surface area contributed by atoms with Gasteiger partial charge in [-0.1, -0.05) is 5.21 Å². The molecule has 1 saturated heterocycles. The third-order valence-corrected chi connectivity index (χ3v) is 2.97. The molecule has 0 aromatic carbocycles. The molecule has 2 heterocycles. The number of rotatable bonds is 3. The Bertz CT molecular complexity index is 375. The molecule has 2 N–H and O–H groups in total. The maximum atomic E-state index is 11.4. The van der Waals surface area contributed by atoms with Gasteiger partial charge in [-0.15, -0.1) is 5.10 Å². The van der Waals surface area contributed by atoms with Gasteiger partial charge in [-0.2, -0.15) is 0 Å². The maximum Gasteiger partial charge on any atom is 0.219 e. The van der Waals surface area contributed by atoms with Crippen molar-refractivity contribution in [3.63, 3.8) is 0 Å². The summed E-state index contributed by atoms with van der Waals surface area (Å²) in [5, 5.41) is 7.92. The first-order valence-electron chi connectivity index (χ1n) is 5.57. The van der Waals surface area contributed by atoms with E-state index in [1.54, 1.807) is 11.6 Å². The largest absolute Gasteiger partial charge is 0.338 e. The van der Waals surface area contributed by atoms with Crippen LogP contribution in [0.5, 0.6) is 0 Å². The van der Waals surface area contributed by atoms with Gasteiger partial charge in [0.05, 0.1) is 18.3 Å². The number of carbonyl (C=O) groups is 1. The SMILES string of the molecule is CC(=O)N1CCCC1Cn1cc(CN)nn1. The van der Waals surface area contributed by atoms with E-state index in [2.05, 4.69) is 10.3 Å². The van der Waals surface area contributed by atoms with Crippen LogP contribution in [0.1, 0.15) is 25.5 Å². The van der Waals surface area contributed by atoms with E-state index in [0.717, 1.165) is 25.1 Å². The number of likely N-dealkylation sites (tertiary alicyclic amines) is 1. The number of nitrogens with zero attached hydrogens (tertiary/aromatic N) is 4. The second-order valence-corrected chi connectivity index (χ2v) is 4.14. The molecule has 1 aliphatic heterocycles. The molecule has 88 valence electrons. The topological polar surface area (TPSA) is 77.0 Å². The van der Waals surface area contributed by atoms with Gasteiger partial charge < -0.3 is 10.6 Å². The van der Waals surface area contributed by atoms with Crippen molar-refractivity contribution in [2.24, 2.45) is 5.73 Å². The summed E-state index contributed by atoms with van der Waals surface area (Å²) in [6.07, 6.45) is 3.96. The van der Waals surface area contributed by atoms with Crippen molar-refractivity contribution in [3.05, 3.63) is 11.9 Å². The van der Waals surface area contributed by atoms with Gasteiger partial charge in [0, 0.05) is 26.2 Å². The molecule has 0 bridgehead atoms. The molecule has 1 fully saturated rings. The normalized spacial score (nSPS) is 20.4. The first kappa shape index (κ1) is 11.1. The predicted octanol–water partition coefficient (Wildman–Crippen LogP) is -0.252. The van der Waals surface area contributed by atoms with Crippen LogP contribution in [0.4, 0.5) is 0 Å². The molecule has 6 nitrogen and oxygen atoms in total. The van der Waals surface area contributed by atoms with Crippen LogP contribution in [0.3, 0.4) is 0 Å². The predicted molar refractivity (Wildman–Crippen MR) is 58.3 cm³/mol. The first-order valence-corrected chi connectivity index (χ1v) is 5.57. The lowest BCUT2D eigenvalue weighted by molar-refractivity contribution is -0.129. The zero-order valence-electron chi connectivity index (χ0n) is 9.46. The van der Waals surface area contributed by atoms with E-state index in [9.17, 15) is 4.79 Å². The van der Waals surface area contributed by atoms with Crippen LogP contribution in [0.15, 0.2) is 6.20 Å². The van der Waals surface area contributed by atoms with Crippen LogP contribution >= 0.6 is 0 Å². The summed E-state index contributed by atoms with van der Waals surface area (Å²) in [6, 6.07) is 0.254. The molecule has 1 aromatic rings. The fourth-order valence-electron chi connectivity index (χ4n) is 2.18. The maximum absolute atomic E-state index is 11.4. The molecule has 16 heavy (non-hydrogen) atoms. The summed E-state index contributed by atoms with van der Waals surface area (Å²) < 4.78 is 1.77. The van der Waals surface area contributed by atoms with Gasteiger partial charge in [-0.05, 0) is 12.8 Å². The van der Waals surface area contributed by atoms with Gasteiger partial charge >= 0.3 is 0 Å². The van der Waals surface area contributed by atoms with E-state index in [1.807, 2.05) is 11.1 Å². The van der Waals surface area contributed by atoms with Gasteiger partial charge in [-0.3, -0.25) is 9.48 Å². The zero-order chi connectivity index (χ0) is 11.5. The highest BCUT2D eigenvalue weighted by Crippen LogP contribution is 2.18. The van der Waals surface area contributed by atoms with Crippen molar-refractivity contribution in [2.75, 3.05) is 6.54 Å². The summed E-state index contributed by atoms with van der Waals surface area (Å²) >= 11 is 0. The number of hydrogen-bond donors (Lipinski definition) is 1. The van der Waals surface area contributed by atoms with Gasteiger partial charge in [0.2, 0.25) is 5.91 Å². The average Bonchev–Trinajstić information content (AvgIpc) is 2.87. The lowest BCUT2D eigenvalue weighted by Crippen LogP contribution is -2.36. The first-order chi connectivity index (χ1) is 7.70. The van der Waals surface area contributed by atoms with Crippen LogP contribution in [-0.4, -0.2) is 38.4 Å². The van der Waals surface area contributed by atoms with Crippen molar-refractivity contribution < 1.29 is 4.79 Å². The molecular formula is C10H17N5O. The highest BCUT2D eigenvalue weighted by Gasteiger charge is 2.26. The fraction of sp³-hybridized carbons (Fsp3) is 0.700. The molecule has 0 radical (unpaired) electrons. The second kappa shape index (κ2) is 4.61. The molecule has 2 rings (SSSR count). The van der Waals surface area contributed by atoms with Crippen molar-refractivity contribution in [2.45, 2.75) is 38.9 Å². The number of carbonyl (C=O) groups excluding carboxylic acids is 1. The van der Waals surface area contributed by atoms with E-state index >= 15 is 0 Å². The number of nitrogens with two attached hydrogens (primary N) is 1. The highest BCUT2D eigenvalue weighted by molar-refractivity contribution is 5.73. The Morgan fingerprint density at radius 3 is 3.12 bits per heavy atom. The molecule has 1 aliphatic rings. The third-order valence-electron chi connectivity index (χ3n) is 2.97. The lowest BCUT2D eigenvalue weighted by Gasteiger charge is -2.22. The highest BCUT2D eigenvalue weighted by atomic mass is 16.2. The molecule has 1 amide bonds. The van der Waals surface area contributed by atoms with Gasteiger partial charge in [-0.25, -0.2) is 0 Å². The van der Waals surface area contributed by atoms with Crippen LogP contribution in [0, 0.1) is 0 Å². The van der Waals surface area contributed by atoms with E-state index in [-0.39, 0.29) is 11.9 Å². The minimum absolute atomic E-state index is 0.140. The molecular weight excluding hydrogens is 206 g/mol. The summed E-state index contributed by atoms with van der Waals surface area (Å²) in [4.78, 5) is 13.3. The molecule has 1 aromatic heterocycles. The van der Waals surface area contributed by atoms with Gasteiger partial charge in [0.15, 0.2) is 0 Å². The average molecular weight is 223 g/mol. The van der Waals surface area contributed by atoms with Crippen LogP contribution in [-0.2, 0) is 17.9 Å². The Kier molecular flexibility index (Phi) is 3.19. The smallest absolute Gasteiger partial charge is 0.219 e. The number of aromatic nitrogens is 3. The van der Waals surface area contributed by atoms with Crippen LogP contribution in [0.25, 0.3) is 0 Å². The van der Waals surface area contributed by atoms with E-state index < -0.39 is 0 Å². The molecule has 0 aliphatic carbocycles. The van der Waals surface area contributed by atoms with Crippen LogP contribution in [0.2, 0.25) is 0 Å². The fourth-order valence-corrected chi connectivity index (χ4v) is 2.18. The third kappa shape index (κ3) is 2.21. The quantitative estimate of drug-likeness (QED) is 0.766. The molecule has 0 saturated carbocycles. The Balaban J connectivity index is 2.00. The Hall–Kier alpha value is -1.43. The van der Waals surface area contributed by atoms with Gasteiger partial charge in [0.1, 0.15) is 0 Å². The standard InChI is InChI=1S/C10H17N5O/c1-8(16)15-4-2-3-10(15)7-14-6-9(5-11)12-13-14/h6,10H,2-5,7,11H2,1H3. The minimum atomic E-state index is 0.140. The molecule has 6 heteroatoms. The van der Waals surface area contributed by atoms with Gasteiger partial charge in [0.25, 0.3) is 0 Å². The Morgan fingerprint density at radius 2 is 2.50 bits per heavy atom. The van der Waals surface area contributed by atoms with E-state index in [0.29, 0.717) is 13.1 Å². The Morgan fingerprint density at radius 1 is 1.69 bits per heavy atom. The summed E-state index contributed by atoms with van der Waals surface area (Å²) in [5.41, 5.74) is 6.25. The molecule has 0 spiro atoms. The summed E-state index contributed by atoms with van der Waals surface area (Å²) in [5.74, 6) is 0.140. The Labute approximate surface area is 94.4 Å². The van der Waals surface area contributed by atoms with Crippen molar-refractivity contribution >= 4 is 5.91 Å². The van der Waals surface area contributed by atoms with E-state index in [4.69, 9.17) is 5.73 Å². The monoisotopic (exact) mass is 223 g/mol. The minimum Gasteiger partial charge on any atom is -0.338 e. The van der Waals surface area contributed by atoms with Crippen molar-refractivity contribution in [1.29, 1.82) is 0 Å². The zero-order valence-corrected chi connectivity index (χ0v) is 9.46. The van der Waals surface area contributed by atoms with Crippen LogP contribution < -0.4 is 5.73 Å². The number of amides is 1. The van der Waals surface area contributed by atoms with Crippen molar-refractivity contribution in [1.82, 2.24) is 19.9 Å². The van der Waals surface area contributed by atoms with E-state index in [1.165, 1.54) is 0 Å². The second-order valence-electron chi connectivity index (χ2n) is 4.14. The molecule has 1 atom stereocenters. The van der Waals surface area contributed by atoms with Crippen molar-refractivity contribution in [3.8, 4) is 0 Å². The molecule has 1 unspecified atom stereocenters. The number of hydrogen-bond acceptors (Lipinski definition) is 4.